The van der Waals surface area contributed by atoms with Crippen LogP contribution in [0.3, 0.4) is 0 Å². The van der Waals surface area contributed by atoms with Gasteiger partial charge in [0.05, 0.1) is 6.61 Å². The first-order chi connectivity index (χ1) is 7.63. The van der Waals surface area contributed by atoms with Crippen molar-refractivity contribution in [3.8, 4) is 0 Å². The van der Waals surface area contributed by atoms with Crippen LogP contribution in [0.2, 0.25) is 0 Å². The number of aryl methyl sites for hydroxylation is 2. The highest BCUT2D eigenvalue weighted by Crippen LogP contribution is 2.30. The molecule has 1 aromatic rings. The normalized spacial score (nSPS) is 20.9. The van der Waals surface area contributed by atoms with E-state index in [9.17, 15) is 5.11 Å². The van der Waals surface area contributed by atoms with E-state index in [4.69, 9.17) is 5.73 Å². The number of hydrogen-bond donors (Lipinski definition) is 2. The molecule has 0 spiro atoms. The van der Waals surface area contributed by atoms with Gasteiger partial charge in [-0.05, 0) is 49.7 Å². The van der Waals surface area contributed by atoms with Crippen LogP contribution in [0.1, 0.15) is 30.9 Å². The minimum absolute atomic E-state index is 0.0774. The fraction of sp³-hybridized carbons (Fsp3) is 0.571. The highest BCUT2D eigenvalue weighted by atomic mass is 16.3. The summed E-state index contributed by atoms with van der Waals surface area (Å²) in [5, 5.41) is 9.33. The molecule has 0 bridgehead atoms. The van der Waals surface area contributed by atoms with Gasteiger partial charge in [-0.3, -0.25) is 0 Å². The summed E-state index contributed by atoms with van der Waals surface area (Å²) in [5.74, 6) is 0.421. The molecule has 0 saturated heterocycles. The van der Waals surface area contributed by atoms with Crippen molar-refractivity contribution in [2.75, 3.05) is 6.61 Å². The van der Waals surface area contributed by atoms with Crippen molar-refractivity contribution >= 4 is 0 Å². The van der Waals surface area contributed by atoms with E-state index >= 15 is 0 Å². The van der Waals surface area contributed by atoms with Gasteiger partial charge in [0.1, 0.15) is 0 Å². The molecule has 1 aliphatic carbocycles. The maximum atomic E-state index is 9.33. The Labute approximate surface area is 97.5 Å². The Bertz CT molecular complexity index is 333. The number of aliphatic hydroxyl groups excluding tert-OH is 1. The first-order valence-electron chi connectivity index (χ1n) is 6.10. The van der Waals surface area contributed by atoms with E-state index in [-0.39, 0.29) is 6.61 Å². The van der Waals surface area contributed by atoms with Crippen molar-refractivity contribution in [1.29, 1.82) is 0 Å². The molecule has 0 saturated carbocycles. The van der Waals surface area contributed by atoms with Crippen molar-refractivity contribution < 1.29 is 5.11 Å². The van der Waals surface area contributed by atoms with E-state index in [0.29, 0.717) is 5.92 Å². The van der Waals surface area contributed by atoms with Gasteiger partial charge < -0.3 is 10.8 Å². The highest BCUT2D eigenvalue weighted by Gasteiger charge is 2.30. The Hall–Kier alpha value is -0.860. The Kier molecular flexibility index (Phi) is 3.31. The molecule has 0 radical (unpaired) electrons. The van der Waals surface area contributed by atoms with E-state index in [1.54, 1.807) is 0 Å². The highest BCUT2D eigenvalue weighted by molar-refractivity contribution is 5.28. The Morgan fingerprint density at radius 2 is 1.75 bits per heavy atom. The van der Waals surface area contributed by atoms with Gasteiger partial charge in [0.15, 0.2) is 0 Å². The zero-order chi connectivity index (χ0) is 11.6. The molecule has 1 atom stereocenters. The molecule has 16 heavy (non-hydrogen) atoms. The standard InChI is InChI=1S/C14H21NO/c1-14(15,10-16)13-8-6-11-4-2-3-5-12(11)7-9-13/h2-5,13,16H,6-10,15H2,1H3. The summed E-state index contributed by atoms with van der Waals surface area (Å²) in [6, 6.07) is 8.63. The molecule has 1 unspecified atom stereocenters. The molecule has 2 nitrogen and oxygen atoms in total. The van der Waals surface area contributed by atoms with Crippen LogP contribution in [0.15, 0.2) is 24.3 Å². The van der Waals surface area contributed by atoms with Crippen LogP contribution in [0.5, 0.6) is 0 Å². The minimum atomic E-state index is -0.429. The molecular weight excluding hydrogens is 198 g/mol. The first kappa shape index (κ1) is 11.6. The third-order valence-electron chi connectivity index (χ3n) is 3.92. The van der Waals surface area contributed by atoms with Crippen molar-refractivity contribution in [1.82, 2.24) is 0 Å². The average molecular weight is 219 g/mol. The van der Waals surface area contributed by atoms with Gasteiger partial charge in [-0.15, -0.1) is 0 Å². The lowest BCUT2D eigenvalue weighted by Gasteiger charge is -2.31. The third-order valence-corrected chi connectivity index (χ3v) is 3.92. The van der Waals surface area contributed by atoms with E-state index < -0.39 is 5.54 Å². The van der Waals surface area contributed by atoms with Crippen LogP contribution < -0.4 is 5.73 Å². The zero-order valence-corrected chi connectivity index (χ0v) is 9.95. The topological polar surface area (TPSA) is 46.2 Å². The van der Waals surface area contributed by atoms with E-state index in [1.165, 1.54) is 11.1 Å². The Morgan fingerprint density at radius 1 is 1.25 bits per heavy atom. The summed E-state index contributed by atoms with van der Waals surface area (Å²) in [6.45, 7) is 2.04. The molecule has 88 valence electrons. The maximum absolute atomic E-state index is 9.33. The second-order valence-corrected chi connectivity index (χ2v) is 5.21. The number of hydrogen-bond acceptors (Lipinski definition) is 2. The lowest BCUT2D eigenvalue weighted by Crippen LogP contribution is -2.47. The summed E-state index contributed by atoms with van der Waals surface area (Å²) in [6.07, 6.45) is 4.36. The quantitative estimate of drug-likeness (QED) is 0.746. The molecule has 1 aliphatic rings. The minimum Gasteiger partial charge on any atom is -0.394 e. The van der Waals surface area contributed by atoms with Crippen LogP contribution >= 0.6 is 0 Å². The fourth-order valence-corrected chi connectivity index (χ4v) is 2.64. The molecule has 0 aromatic heterocycles. The summed E-state index contributed by atoms with van der Waals surface area (Å²) >= 11 is 0. The molecule has 3 N–H and O–H groups in total. The number of nitrogens with two attached hydrogens (primary N) is 1. The molecule has 1 aromatic carbocycles. The average Bonchev–Trinajstić information content (AvgIpc) is 2.51. The fourth-order valence-electron chi connectivity index (χ4n) is 2.64. The van der Waals surface area contributed by atoms with Crippen molar-refractivity contribution in [2.24, 2.45) is 11.7 Å². The monoisotopic (exact) mass is 219 g/mol. The molecule has 0 aliphatic heterocycles. The lowest BCUT2D eigenvalue weighted by atomic mass is 9.81. The second-order valence-electron chi connectivity index (χ2n) is 5.21. The van der Waals surface area contributed by atoms with Crippen LogP contribution in [-0.4, -0.2) is 17.3 Å². The van der Waals surface area contributed by atoms with Crippen molar-refractivity contribution in [3.63, 3.8) is 0 Å². The van der Waals surface area contributed by atoms with Crippen LogP contribution in [0.4, 0.5) is 0 Å². The molecule has 0 amide bonds. The summed E-state index contributed by atoms with van der Waals surface area (Å²) < 4.78 is 0. The molecular formula is C14H21NO. The predicted molar refractivity (Wildman–Crippen MR) is 66.3 cm³/mol. The van der Waals surface area contributed by atoms with Gasteiger partial charge >= 0.3 is 0 Å². The van der Waals surface area contributed by atoms with Gasteiger partial charge in [0.2, 0.25) is 0 Å². The molecule has 2 rings (SSSR count). The van der Waals surface area contributed by atoms with Crippen molar-refractivity contribution in [3.05, 3.63) is 35.4 Å². The lowest BCUT2D eigenvalue weighted by molar-refractivity contribution is 0.144. The second kappa shape index (κ2) is 4.56. The number of rotatable bonds is 2. The molecule has 0 heterocycles. The van der Waals surface area contributed by atoms with Crippen molar-refractivity contribution in [2.45, 2.75) is 38.1 Å². The van der Waals surface area contributed by atoms with E-state index in [2.05, 4.69) is 24.3 Å². The Balaban J connectivity index is 2.13. The van der Waals surface area contributed by atoms with Crippen LogP contribution in [-0.2, 0) is 12.8 Å². The zero-order valence-electron chi connectivity index (χ0n) is 9.95. The van der Waals surface area contributed by atoms with Gasteiger partial charge in [-0.2, -0.15) is 0 Å². The smallest absolute Gasteiger partial charge is 0.0611 e. The number of aliphatic hydroxyl groups is 1. The Morgan fingerprint density at radius 3 is 2.19 bits per heavy atom. The van der Waals surface area contributed by atoms with Crippen LogP contribution in [0.25, 0.3) is 0 Å². The number of benzene rings is 1. The summed E-state index contributed by atoms with van der Waals surface area (Å²) in [5.41, 5.74) is 8.63. The predicted octanol–water partition coefficient (Wildman–Crippen LogP) is 1.89. The van der Waals surface area contributed by atoms with E-state index in [1.807, 2.05) is 6.92 Å². The SMILES string of the molecule is CC(N)(CO)C1CCc2ccccc2CC1. The van der Waals surface area contributed by atoms with Gasteiger partial charge in [-0.25, -0.2) is 0 Å². The maximum Gasteiger partial charge on any atom is 0.0611 e. The number of fused-ring (bicyclic) bond motifs is 1. The van der Waals surface area contributed by atoms with Gasteiger partial charge in [0.25, 0.3) is 0 Å². The third kappa shape index (κ3) is 2.28. The largest absolute Gasteiger partial charge is 0.394 e. The van der Waals surface area contributed by atoms with Crippen LogP contribution in [0, 0.1) is 5.92 Å². The molecule has 0 fully saturated rings. The van der Waals surface area contributed by atoms with Gasteiger partial charge in [-0.1, -0.05) is 24.3 Å². The first-order valence-corrected chi connectivity index (χ1v) is 6.10. The summed E-state index contributed by atoms with van der Waals surface area (Å²) in [4.78, 5) is 0. The van der Waals surface area contributed by atoms with E-state index in [0.717, 1.165) is 25.7 Å². The summed E-state index contributed by atoms with van der Waals surface area (Å²) in [7, 11) is 0. The molecule has 2 heteroatoms. The van der Waals surface area contributed by atoms with Gasteiger partial charge in [0, 0.05) is 5.54 Å².